The summed E-state index contributed by atoms with van der Waals surface area (Å²) in [5, 5.41) is 7.67. The Balaban J connectivity index is 1.53. The molecule has 0 radical (unpaired) electrons. The van der Waals surface area contributed by atoms with E-state index in [1.165, 1.54) is 36.2 Å². The molecule has 1 saturated carbocycles. The van der Waals surface area contributed by atoms with Gasteiger partial charge < -0.3 is 15.6 Å². The third-order valence-electron chi connectivity index (χ3n) is 5.10. The zero-order chi connectivity index (χ0) is 16.1. The van der Waals surface area contributed by atoms with E-state index in [9.17, 15) is 4.79 Å². The van der Waals surface area contributed by atoms with Gasteiger partial charge in [-0.25, -0.2) is 9.97 Å². The molecule has 1 fully saturated rings. The first-order chi connectivity index (χ1) is 11.8. The van der Waals surface area contributed by atoms with Crippen molar-refractivity contribution in [3.05, 3.63) is 35.1 Å². The molecule has 5 rings (SSSR count). The zero-order valence-electron chi connectivity index (χ0n) is 13.1. The van der Waals surface area contributed by atoms with E-state index in [1.54, 1.807) is 12.5 Å². The van der Waals surface area contributed by atoms with Crippen LogP contribution in [0, 0.1) is 0 Å². The highest BCUT2D eigenvalue weighted by Crippen LogP contribution is 2.47. The smallest absolute Gasteiger partial charge is 0.262 e. The average molecular weight is 339 g/mol. The van der Waals surface area contributed by atoms with Crippen molar-refractivity contribution in [3.63, 3.8) is 0 Å². The number of aromatic amines is 1. The lowest BCUT2D eigenvalue weighted by Crippen LogP contribution is -2.40. The normalized spacial score (nSPS) is 18.8. The fourth-order valence-electron chi connectivity index (χ4n) is 3.95. The summed E-state index contributed by atoms with van der Waals surface area (Å²) in [6, 6.07) is 4.06. The molecule has 7 heteroatoms. The number of nitrogens with zero attached hydrogens (tertiary/aromatic N) is 2. The number of fused-ring (bicyclic) bond motifs is 3. The van der Waals surface area contributed by atoms with Gasteiger partial charge in [-0.1, -0.05) is 19.3 Å². The summed E-state index contributed by atoms with van der Waals surface area (Å²) < 4.78 is 0. The van der Waals surface area contributed by atoms with Crippen LogP contribution < -0.4 is 10.6 Å². The minimum atomic E-state index is -0.136. The molecule has 3 aromatic rings. The molecule has 3 N–H and O–H groups in total. The third-order valence-corrected chi connectivity index (χ3v) is 6.15. The molecule has 2 aliphatic rings. The first-order valence-corrected chi connectivity index (χ1v) is 9.09. The number of H-pyrrole nitrogens is 1. The number of hydrogen-bond donors (Lipinski definition) is 3. The standard InChI is InChI=1S/C17H17N5OS/c23-16-14-10(17(22-16)5-2-1-3-6-17)8-12(24-14)21-11-4-7-18-15-13(11)19-9-20-15/h4,7-9H,1-3,5-6H2,(H,22,23)(H2,18,19,20,21). The van der Waals surface area contributed by atoms with Crippen LogP contribution in [0.2, 0.25) is 0 Å². The maximum Gasteiger partial charge on any atom is 0.262 e. The van der Waals surface area contributed by atoms with Gasteiger partial charge in [0, 0.05) is 11.8 Å². The number of rotatable bonds is 2. The number of amides is 1. The lowest BCUT2D eigenvalue weighted by molar-refractivity contribution is 0.0912. The van der Waals surface area contributed by atoms with Crippen LogP contribution in [-0.2, 0) is 5.54 Å². The van der Waals surface area contributed by atoms with Crippen molar-refractivity contribution in [2.45, 2.75) is 37.6 Å². The molecular weight excluding hydrogens is 322 g/mol. The van der Waals surface area contributed by atoms with Gasteiger partial charge in [0.05, 0.1) is 27.4 Å². The van der Waals surface area contributed by atoms with Crippen LogP contribution in [0.25, 0.3) is 11.2 Å². The summed E-state index contributed by atoms with van der Waals surface area (Å²) in [5.41, 5.74) is 3.53. The van der Waals surface area contributed by atoms with Gasteiger partial charge in [-0.05, 0) is 25.0 Å². The van der Waals surface area contributed by atoms with Crippen LogP contribution in [0.15, 0.2) is 24.7 Å². The van der Waals surface area contributed by atoms with Crippen LogP contribution in [0.1, 0.15) is 47.3 Å². The van der Waals surface area contributed by atoms with Gasteiger partial charge in [0.15, 0.2) is 5.65 Å². The first kappa shape index (κ1) is 14.0. The Morgan fingerprint density at radius 2 is 2.08 bits per heavy atom. The lowest BCUT2D eigenvalue weighted by atomic mass is 9.78. The summed E-state index contributed by atoms with van der Waals surface area (Å²) in [4.78, 5) is 24.8. The van der Waals surface area contributed by atoms with Crippen molar-refractivity contribution >= 4 is 39.1 Å². The minimum Gasteiger partial charge on any atom is -0.345 e. The summed E-state index contributed by atoms with van der Waals surface area (Å²) in [6.45, 7) is 0. The molecule has 0 saturated heterocycles. The maximum absolute atomic E-state index is 12.4. The predicted octanol–water partition coefficient (Wildman–Crippen LogP) is 3.67. The number of nitrogens with one attached hydrogen (secondary N) is 3. The van der Waals surface area contributed by atoms with E-state index in [-0.39, 0.29) is 11.4 Å². The second-order valence-electron chi connectivity index (χ2n) is 6.53. The fraction of sp³-hybridized carbons (Fsp3) is 0.353. The Hall–Kier alpha value is -2.41. The summed E-state index contributed by atoms with van der Waals surface area (Å²) in [6.07, 6.45) is 9.08. The average Bonchev–Trinajstić information content (AvgIpc) is 3.27. The molecule has 4 heterocycles. The van der Waals surface area contributed by atoms with E-state index in [4.69, 9.17) is 0 Å². The van der Waals surface area contributed by atoms with Crippen molar-refractivity contribution < 1.29 is 4.79 Å². The molecule has 0 unspecified atom stereocenters. The SMILES string of the molecule is O=C1NC2(CCCCC2)c2cc(Nc3ccnc4nc[nH]c34)sc21. The monoisotopic (exact) mass is 339 g/mol. The molecule has 1 aliphatic carbocycles. The first-order valence-electron chi connectivity index (χ1n) is 8.27. The predicted molar refractivity (Wildman–Crippen MR) is 93.7 cm³/mol. The Kier molecular flexibility index (Phi) is 2.94. The summed E-state index contributed by atoms with van der Waals surface area (Å²) in [5.74, 6) is 0.0753. The van der Waals surface area contributed by atoms with Crippen molar-refractivity contribution in [2.24, 2.45) is 0 Å². The summed E-state index contributed by atoms with van der Waals surface area (Å²) >= 11 is 1.53. The van der Waals surface area contributed by atoms with Crippen LogP contribution in [0.5, 0.6) is 0 Å². The highest BCUT2D eigenvalue weighted by atomic mass is 32.1. The number of hydrogen-bond acceptors (Lipinski definition) is 5. The van der Waals surface area contributed by atoms with E-state index in [1.807, 2.05) is 6.07 Å². The van der Waals surface area contributed by atoms with Crippen molar-refractivity contribution in [3.8, 4) is 0 Å². The lowest BCUT2D eigenvalue weighted by Gasteiger charge is -2.33. The number of aromatic nitrogens is 3. The highest BCUT2D eigenvalue weighted by molar-refractivity contribution is 7.18. The van der Waals surface area contributed by atoms with E-state index in [0.717, 1.165) is 33.9 Å². The highest BCUT2D eigenvalue weighted by Gasteiger charge is 2.44. The number of thiophene rings is 1. The zero-order valence-corrected chi connectivity index (χ0v) is 13.9. The van der Waals surface area contributed by atoms with Crippen molar-refractivity contribution in [2.75, 3.05) is 5.32 Å². The maximum atomic E-state index is 12.4. The third kappa shape index (κ3) is 1.97. The Bertz CT molecular complexity index is 938. The van der Waals surface area contributed by atoms with Gasteiger partial charge >= 0.3 is 0 Å². The van der Waals surface area contributed by atoms with Gasteiger partial charge in [-0.3, -0.25) is 4.79 Å². The number of carbonyl (C=O) groups is 1. The van der Waals surface area contributed by atoms with Gasteiger partial charge in [0.1, 0.15) is 5.52 Å². The van der Waals surface area contributed by atoms with E-state index in [0.29, 0.717) is 5.65 Å². The number of imidazole rings is 1. The number of anilines is 2. The molecule has 24 heavy (non-hydrogen) atoms. The Morgan fingerprint density at radius 3 is 2.96 bits per heavy atom. The molecular formula is C17H17N5OS. The molecule has 0 bridgehead atoms. The molecule has 1 spiro atoms. The van der Waals surface area contributed by atoms with Gasteiger partial charge in [-0.2, -0.15) is 0 Å². The second-order valence-corrected chi connectivity index (χ2v) is 7.59. The largest absolute Gasteiger partial charge is 0.345 e. The van der Waals surface area contributed by atoms with Gasteiger partial charge in [0.2, 0.25) is 0 Å². The number of carbonyl (C=O) groups excluding carboxylic acids is 1. The fourth-order valence-corrected chi connectivity index (χ4v) is 5.02. The molecule has 1 aliphatic heterocycles. The Morgan fingerprint density at radius 1 is 1.21 bits per heavy atom. The molecule has 6 nitrogen and oxygen atoms in total. The van der Waals surface area contributed by atoms with E-state index < -0.39 is 0 Å². The second kappa shape index (κ2) is 5.04. The van der Waals surface area contributed by atoms with Crippen LogP contribution in [0.3, 0.4) is 0 Å². The van der Waals surface area contributed by atoms with Crippen molar-refractivity contribution in [1.82, 2.24) is 20.3 Å². The van der Waals surface area contributed by atoms with E-state index >= 15 is 0 Å². The topological polar surface area (TPSA) is 82.7 Å². The molecule has 1 amide bonds. The van der Waals surface area contributed by atoms with Gasteiger partial charge in [0.25, 0.3) is 5.91 Å². The molecule has 122 valence electrons. The van der Waals surface area contributed by atoms with Crippen LogP contribution in [0.4, 0.5) is 10.7 Å². The van der Waals surface area contributed by atoms with Crippen LogP contribution in [-0.4, -0.2) is 20.9 Å². The minimum absolute atomic E-state index is 0.0753. The number of pyridine rings is 1. The summed E-state index contributed by atoms with van der Waals surface area (Å²) in [7, 11) is 0. The molecule has 0 atom stereocenters. The van der Waals surface area contributed by atoms with Crippen molar-refractivity contribution in [1.29, 1.82) is 0 Å². The van der Waals surface area contributed by atoms with Gasteiger partial charge in [-0.15, -0.1) is 11.3 Å². The quantitative estimate of drug-likeness (QED) is 0.665. The van der Waals surface area contributed by atoms with Crippen LogP contribution >= 0.6 is 11.3 Å². The molecule has 0 aromatic carbocycles. The van der Waals surface area contributed by atoms with E-state index in [2.05, 4.69) is 31.7 Å². The Labute approximate surface area is 142 Å². The molecule has 3 aromatic heterocycles.